The summed E-state index contributed by atoms with van der Waals surface area (Å²) in [6, 6.07) is 8.30. The van der Waals surface area contributed by atoms with Gasteiger partial charge in [0.15, 0.2) is 0 Å². The normalized spacial score (nSPS) is 11.7. The molecule has 0 aliphatic carbocycles. The number of nitrogens with one attached hydrogen (secondary N) is 2. The number of esters is 1. The molecule has 0 aliphatic heterocycles. The zero-order valence-electron chi connectivity index (χ0n) is 15.0. The molecule has 1 heterocycles. The van der Waals surface area contributed by atoms with Crippen LogP contribution in [0.2, 0.25) is 0 Å². The smallest absolute Gasteiger partial charge is 0.338 e. The average Bonchev–Trinajstić information content (AvgIpc) is 2.92. The first-order valence-corrected chi connectivity index (χ1v) is 8.25. The maximum atomic E-state index is 12.0. The minimum absolute atomic E-state index is 0.0469. The Morgan fingerprint density at radius 3 is 2.48 bits per heavy atom. The van der Waals surface area contributed by atoms with Gasteiger partial charge in [0.05, 0.1) is 23.9 Å². The second-order valence-electron chi connectivity index (χ2n) is 5.85. The Hall–Kier alpha value is -2.83. The van der Waals surface area contributed by atoms with Crippen molar-refractivity contribution >= 4 is 17.7 Å². The number of amides is 2. The van der Waals surface area contributed by atoms with Gasteiger partial charge in [0.25, 0.3) is 0 Å². The van der Waals surface area contributed by atoms with Gasteiger partial charge in [-0.15, -0.1) is 0 Å². The van der Waals surface area contributed by atoms with Crippen LogP contribution in [0.1, 0.15) is 41.6 Å². The van der Waals surface area contributed by atoms with E-state index in [2.05, 4.69) is 15.7 Å². The quantitative estimate of drug-likeness (QED) is 0.789. The van der Waals surface area contributed by atoms with Gasteiger partial charge in [-0.3, -0.25) is 4.68 Å². The van der Waals surface area contributed by atoms with Crippen LogP contribution in [-0.2, 0) is 4.74 Å². The first-order chi connectivity index (χ1) is 11.9. The molecule has 1 aromatic carbocycles. The predicted molar refractivity (Wildman–Crippen MR) is 95.8 cm³/mol. The van der Waals surface area contributed by atoms with Crippen molar-refractivity contribution in [3.05, 3.63) is 47.3 Å². The van der Waals surface area contributed by atoms with Crippen LogP contribution in [0, 0.1) is 13.8 Å². The summed E-state index contributed by atoms with van der Waals surface area (Å²) in [4.78, 5) is 23.6. The molecule has 0 radical (unpaired) electrons. The lowest BCUT2D eigenvalue weighted by Gasteiger charge is -2.15. The van der Waals surface area contributed by atoms with Gasteiger partial charge in [0.1, 0.15) is 0 Å². The van der Waals surface area contributed by atoms with E-state index in [0.717, 1.165) is 11.4 Å². The number of carbonyl (C=O) groups excluding carboxylic acids is 2. The summed E-state index contributed by atoms with van der Waals surface area (Å²) in [5, 5.41) is 9.97. The molecular formula is C18H24N4O3. The molecule has 0 spiro atoms. The molecule has 1 aromatic heterocycles. The molecule has 2 aromatic rings. The monoisotopic (exact) mass is 344 g/mol. The van der Waals surface area contributed by atoms with Gasteiger partial charge in [-0.1, -0.05) is 0 Å². The number of urea groups is 1. The van der Waals surface area contributed by atoms with Crippen molar-refractivity contribution in [2.24, 2.45) is 0 Å². The molecule has 134 valence electrons. The van der Waals surface area contributed by atoms with E-state index in [9.17, 15) is 9.59 Å². The van der Waals surface area contributed by atoms with Gasteiger partial charge in [-0.05, 0) is 58.0 Å². The molecule has 25 heavy (non-hydrogen) atoms. The van der Waals surface area contributed by atoms with Crippen molar-refractivity contribution < 1.29 is 14.3 Å². The van der Waals surface area contributed by atoms with Crippen LogP contribution in [0.15, 0.2) is 30.3 Å². The van der Waals surface area contributed by atoms with Crippen LogP contribution in [0.25, 0.3) is 0 Å². The molecule has 2 amide bonds. The molecule has 2 rings (SSSR count). The Balaban J connectivity index is 1.85. The van der Waals surface area contributed by atoms with Gasteiger partial charge in [-0.2, -0.15) is 5.10 Å². The van der Waals surface area contributed by atoms with Crippen LogP contribution in [0.4, 0.5) is 10.5 Å². The maximum absolute atomic E-state index is 12.0. The molecule has 0 saturated heterocycles. The summed E-state index contributed by atoms with van der Waals surface area (Å²) < 4.78 is 6.81. The minimum atomic E-state index is -0.378. The summed E-state index contributed by atoms with van der Waals surface area (Å²) in [6.07, 6.45) is 0. The fourth-order valence-electron chi connectivity index (χ4n) is 2.50. The third-order valence-corrected chi connectivity index (χ3v) is 3.67. The number of aromatic nitrogens is 2. The topological polar surface area (TPSA) is 85.2 Å². The van der Waals surface area contributed by atoms with Gasteiger partial charge in [-0.25, -0.2) is 9.59 Å². The summed E-state index contributed by atoms with van der Waals surface area (Å²) in [5.74, 6) is -0.378. The van der Waals surface area contributed by atoms with Crippen molar-refractivity contribution in [1.82, 2.24) is 15.1 Å². The van der Waals surface area contributed by atoms with Crippen LogP contribution < -0.4 is 10.6 Å². The molecule has 0 saturated carbocycles. The zero-order chi connectivity index (χ0) is 18.4. The largest absolute Gasteiger partial charge is 0.462 e. The summed E-state index contributed by atoms with van der Waals surface area (Å²) >= 11 is 0. The van der Waals surface area contributed by atoms with Gasteiger partial charge in [0, 0.05) is 17.9 Å². The van der Waals surface area contributed by atoms with Gasteiger partial charge in [0.2, 0.25) is 0 Å². The fraction of sp³-hybridized carbons (Fsp3) is 0.389. The molecule has 7 heteroatoms. The van der Waals surface area contributed by atoms with Gasteiger partial charge >= 0.3 is 12.0 Å². The standard InChI is InChI=1S/C18H24N4O3/c1-5-25-17(23)15-6-8-16(9-7-15)20-18(24)19-11-14(4)22-13(3)10-12(2)21-22/h6-10,14H,5,11H2,1-4H3,(H2,19,20,24)/t14-/m1/s1. The summed E-state index contributed by atoms with van der Waals surface area (Å²) in [6.45, 7) is 8.46. The van der Waals surface area contributed by atoms with E-state index in [1.165, 1.54) is 0 Å². The number of aryl methyl sites for hydroxylation is 2. The van der Waals surface area contributed by atoms with E-state index in [4.69, 9.17) is 4.74 Å². The van der Waals surface area contributed by atoms with E-state index >= 15 is 0 Å². The van der Waals surface area contributed by atoms with Crippen molar-refractivity contribution in [2.75, 3.05) is 18.5 Å². The molecule has 0 fully saturated rings. The minimum Gasteiger partial charge on any atom is -0.462 e. The average molecular weight is 344 g/mol. The molecule has 7 nitrogen and oxygen atoms in total. The Kier molecular flexibility index (Phi) is 6.16. The number of hydrogen-bond donors (Lipinski definition) is 2. The summed E-state index contributed by atoms with van der Waals surface area (Å²) in [5.41, 5.74) is 3.06. The van der Waals surface area contributed by atoms with Crippen molar-refractivity contribution in [3.63, 3.8) is 0 Å². The second kappa shape index (κ2) is 8.32. The SMILES string of the molecule is CCOC(=O)c1ccc(NC(=O)NC[C@@H](C)n2nc(C)cc2C)cc1. The highest BCUT2D eigenvalue weighted by Gasteiger charge is 2.11. The predicted octanol–water partition coefficient (Wildman–Crippen LogP) is 3.06. The van der Waals surface area contributed by atoms with Crippen molar-refractivity contribution in [2.45, 2.75) is 33.7 Å². The third-order valence-electron chi connectivity index (χ3n) is 3.67. The molecule has 0 aliphatic rings. The lowest BCUT2D eigenvalue weighted by atomic mass is 10.2. The maximum Gasteiger partial charge on any atom is 0.338 e. The van der Waals surface area contributed by atoms with E-state index in [1.807, 2.05) is 31.5 Å². The molecule has 2 N–H and O–H groups in total. The first-order valence-electron chi connectivity index (χ1n) is 8.25. The van der Waals surface area contributed by atoms with E-state index in [0.29, 0.717) is 24.4 Å². The number of carbonyl (C=O) groups is 2. The van der Waals surface area contributed by atoms with Crippen LogP contribution in [0.3, 0.4) is 0 Å². The molecular weight excluding hydrogens is 320 g/mol. The highest BCUT2D eigenvalue weighted by atomic mass is 16.5. The Labute approximate surface area is 147 Å². The number of hydrogen-bond acceptors (Lipinski definition) is 4. The molecule has 1 atom stereocenters. The molecule has 0 bridgehead atoms. The zero-order valence-corrected chi connectivity index (χ0v) is 15.0. The summed E-state index contributed by atoms with van der Waals surface area (Å²) in [7, 11) is 0. The molecule has 0 unspecified atom stereocenters. The van der Waals surface area contributed by atoms with Crippen LogP contribution in [0.5, 0.6) is 0 Å². The van der Waals surface area contributed by atoms with Crippen molar-refractivity contribution in [3.8, 4) is 0 Å². The van der Waals surface area contributed by atoms with Crippen LogP contribution in [-0.4, -0.2) is 34.9 Å². The Bertz CT molecular complexity index is 737. The van der Waals surface area contributed by atoms with E-state index < -0.39 is 0 Å². The van der Waals surface area contributed by atoms with E-state index in [-0.39, 0.29) is 18.0 Å². The lowest BCUT2D eigenvalue weighted by molar-refractivity contribution is 0.0526. The van der Waals surface area contributed by atoms with Crippen LogP contribution >= 0.6 is 0 Å². The number of anilines is 1. The number of benzene rings is 1. The first kappa shape index (κ1) is 18.5. The van der Waals surface area contributed by atoms with Gasteiger partial charge < -0.3 is 15.4 Å². The Morgan fingerprint density at radius 2 is 1.92 bits per heavy atom. The fourth-order valence-corrected chi connectivity index (χ4v) is 2.50. The highest BCUT2D eigenvalue weighted by molar-refractivity contribution is 5.92. The highest BCUT2D eigenvalue weighted by Crippen LogP contribution is 2.12. The second-order valence-corrected chi connectivity index (χ2v) is 5.85. The van der Waals surface area contributed by atoms with E-state index in [1.54, 1.807) is 31.2 Å². The number of nitrogens with zero attached hydrogens (tertiary/aromatic N) is 2. The number of ether oxygens (including phenoxy) is 1. The third kappa shape index (κ3) is 5.07. The van der Waals surface area contributed by atoms with Crippen molar-refractivity contribution in [1.29, 1.82) is 0 Å². The number of rotatable bonds is 6. The lowest BCUT2D eigenvalue weighted by Crippen LogP contribution is -2.33. The Morgan fingerprint density at radius 1 is 1.24 bits per heavy atom.